The molecule has 0 radical (unpaired) electrons. The van der Waals surface area contributed by atoms with E-state index in [1.165, 1.54) is 12.1 Å². The van der Waals surface area contributed by atoms with Gasteiger partial charge in [-0.2, -0.15) is 13.2 Å². The van der Waals surface area contributed by atoms with Crippen molar-refractivity contribution in [3.05, 3.63) is 34.1 Å². The second kappa shape index (κ2) is 6.69. The van der Waals surface area contributed by atoms with E-state index in [0.29, 0.717) is 4.90 Å². The smallest absolute Gasteiger partial charge is 0.329 e. The summed E-state index contributed by atoms with van der Waals surface area (Å²) in [6.07, 6.45) is -4.50. The van der Waals surface area contributed by atoms with E-state index >= 15 is 0 Å². The number of alkyl halides is 4. The third kappa shape index (κ3) is 4.76. The second-order valence-electron chi connectivity index (χ2n) is 3.63. The van der Waals surface area contributed by atoms with Crippen molar-refractivity contribution in [2.75, 3.05) is 18.4 Å². The molecule has 0 aliphatic carbocycles. The van der Waals surface area contributed by atoms with Gasteiger partial charge in [0.2, 0.25) is 0 Å². The lowest BCUT2D eigenvalue weighted by Gasteiger charge is -2.23. The summed E-state index contributed by atoms with van der Waals surface area (Å²) in [5.41, 5.74) is -0.134. The Morgan fingerprint density at radius 2 is 1.95 bits per heavy atom. The summed E-state index contributed by atoms with van der Waals surface area (Å²) < 4.78 is 50.3. The maximum atomic E-state index is 13.3. The Bertz CT molecular complexity index is 464. The SMILES string of the molecule is O=C(c1cccc(F)c1Br)N(CCBr)CC(F)(F)F. The van der Waals surface area contributed by atoms with Crippen LogP contribution in [0.5, 0.6) is 0 Å². The molecule has 0 bridgehead atoms. The first-order valence-electron chi connectivity index (χ1n) is 5.12. The van der Waals surface area contributed by atoms with Crippen molar-refractivity contribution in [2.45, 2.75) is 6.18 Å². The summed E-state index contributed by atoms with van der Waals surface area (Å²) in [6, 6.07) is 3.65. The van der Waals surface area contributed by atoms with E-state index in [2.05, 4.69) is 31.9 Å². The summed E-state index contributed by atoms with van der Waals surface area (Å²) in [4.78, 5) is 12.6. The lowest BCUT2D eigenvalue weighted by atomic mass is 10.2. The molecule has 1 aromatic rings. The molecule has 0 fully saturated rings. The van der Waals surface area contributed by atoms with Crippen LogP contribution in [-0.4, -0.2) is 35.4 Å². The van der Waals surface area contributed by atoms with Crippen molar-refractivity contribution in [1.29, 1.82) is 0 Å². The van der Waals surface area contributed by atoms with Crippen molar-refractivity contribution in [3.63, 3.8) is 0 Å². The van der Waals surface area contributed by atoms with Crippen molar-refractivity contribution >= 4 is 37.8 Å². The average Bonchev–Trinajstić information content (AvgIpc) is 2.30. The van der Waals surface area contributed by atoms with Crippen LogP contribution in [-0.2, 0) is 0 Å². The van der Waals surface area contributed by atoms with E-state index in [1.807, 2.05) is 0 Å². The molecule has 0 unspecified atom stereocenters. The van der Waals surface area contributed by atoms with E-state index in [1.54, 1.807) is 0 Å². The van der Waals surface area contributed by atoms with Crippen molar-refractivity contribution in [3.8, 4) is 0 Å². The molecule has 0 aliphatic rings. The molecule has 1 rings (SSSR count). The van der Waals surface area contributed by atoms with Crippen LogP contribution in [0.3, 0.4) is 0 Å². The lowest BCUT2D eigenvalue weighted by molar-refractivity contribution is -0.140. The Morgan fingerprint density at radius 1 is 1.32 bits per heavy atom. The number of amides is 1. The van der Waals surface area contributed by atoms with Crippen LogP contribution in [0, 0.1) is 5.82 Å². The highest BCUT2D eigenvalue weighted by Crippen LogP contribution is 2.24. The highest BCUT2D eigenvalue weighted by Gasteiger charge is 2.33. The number of hydrogen-bond acceptors (Lipinski definition) is 1. The Morgan fingerprint density at radius 3 is 2.47 bits per heavy atom. The number of carbonyl (C=O) groups excluding carboxylic acids is 1. The molecule has 0 heterocycles. The van der Waals surface area contributed by atoms with Gasteiger partial charge in [-0.05, 0) is 28.1 Å². The molecule has 19 heavy (non-hydrogen) atoms. The van der Waals surface area contributed by atoms with Gasteiger partial charge in [-0.25, -0.2) is 4.39 Å². The van der Waals surface area contributed by atoms with Gasteiger partial charge in [-0.1, -0.05) is 22.0 Å². The first kappa shape index (κ1) is 16.4. The van der Waals surface area contributed by atoms with Crippen molar-refractivity contribution in [1.82, 2.24) is 4.90 Å². The molecule has 106 valence electrons. The van der Waals surface area contributed by atoms with Gasteiger partial charge in [0.05, 0.1) is 10.0 Å². The molecule has 1 amide bonds. The van der Waals surface area contributed by atoms with Gasteiger partial charge in [0.1, 0.15) is 12.4 Å². The Kier molecular flexibility index (Phi) is 5.79. The van der Waals surface area contributed by atoms with E-state index < -0.39 is 24.4 Å². The van der Waals surface area contributed by atoms with Crippen molar-refractivity contribution in [2.24, 2.45) is 0 Å². The first-order valence-corrected chi connectivity index (χ1v) is 7.03. The first-order chi connectivity index (χ1) is 8.76. The number of carbonyl (C=O) groups is 1. The third-order valence-corrected chi connectivity index (χ3v) is 3.35. The molecule has 1 aromatic carbocycles. The zero-order valence-corrected chi connectivity index (χ0v) is 12.6. The van der Waals surface area contributed by atoms with Crippen LogP contribution < -0.4 is 0 Å². The maximum absolute atomic E-state index is 13.3. The van der Waals surface area contributed by atoms with Gasteiger partial charge in [0.15, 0.2) is 0 Å². The van der Waals surface area contributed by atoms with E-state index in [-0.39, 0.29) is 21.9 Å². The van der Waals surface area contributed by atoms with Gasteiger partial charge in [-0.3, -0.25) is 4.79 Å². The molecule has 0 N–H and O–H groups in total. The van der Waals surface area contributed by atoms with Gasteiger partial charge in [-0.15, -0.1) is 0 Å². The zero-order valence-electron chi connectivity index (χ0n) is 9.48. The summed E-state index contributed by atoms with van der Waals surface area (Å²) in [7, 11) is 0. The minimum absolute atomic E-state index is 0.124. The number of hydrogen-bond donors (Lipinski definition) is 0. The number of nitrogens with zero attached hydrogens (tertiary/aromatic N) is 1. The average molecular weight is 407 g/mol. The highest BCUT2D eigenvalue weighted by atomic mass is 79.9. The molecule has 0 spiro atoms. The van der Waals surface area contributed by atoms with Crippen LogP contribution in [0.15, 0.2) is 22.7 Å². The minimum atomic E-state index is -4.50. The third-order valence-electron chi connectivity index (χ3n) is 2.19. The quantitative estimate of drug-likeness (QED) is 0.547. The molecule has 0 saturated heterocycles. The molecule has 8 heteroatoms. The van der Waals surface area contributed by atoms with E-state index in [4.69, 9.17) is 0 Å². The van der Waals surface area contributed by atoms with Gasteiger partial charge in [0, 0.05) is 11.9 Å². The standard InChI is InChI=1S/C11H9Br2F4NO/c12-4-5-18(6-11(15,16)17)10(19)7-2-1-3-8(14)9(7)13/h1-3H,4-6H2. The van der Waals surface area contributed by atoms with E-state index in [0.717, 1.165) is 6.07 Å². The number of benzene rings is 1. The Balaban J connectivity index is 3.02. The second-order valence-corrected chi connectivity index (χ2v) is 5.22. The molecule has 0 atom stereocenters. The summed E-state index contributed by atoms with van der Waals surface area (Å²) in [5, 5.41) is 0.196. The van der Waals surface area contributed by atoms with Crippen LogP contribution >= 0.6 is 31.9 Å². The Labute approximate surface area is 124 Å². The van der Waals surface area contributed by atoms with Crippen LogP contribution in [0.1, 0.15) is 10.4 Å². The lowest BCUT2D eigenvalue weighted by Crippen LogP contribution is -2.40. The normalized spacial score (nSPS) is 11.5. The molecule has 2 nitrogen and oxygen atoms in total. The molecular weight excluding hydrogens is 398 g/mol. The number of rotatable bonds is 4. The fourth-order valence-corrected chi connectivity index (χ4v) is 2.27. The predicted molar refractivity (Wildman–Crippen MR) is 69.9 cm³/mol. The summed E-state index contributed by atoms with van der Waals surface area (Å²) in [5.74, 6) is -1.57. The molecule has 0 aliphatic heterocycles. The maximum Gasteiger partial charge on any atom is 0.406 e. The van der Waals surface area contributed by atoms with Crippen LogP contribution in [0.25, 0.3) is 0 Å². The summed E-state index contributed by atoms with van der Waals surface area (Å²) in [6.45, 7) is -1.50. The largest absolute Gasteiger partial charge is 0.406 e. The zero-order chi connectivity index (χ0) is 14.6. The molecular formula is C11H9Br2F4NO. The highest BCUT2D eigenvalue weighted by molar-refractivity contribution is 9.10. The molecule has 0 aromatic heterocycles. The Hall–Kier alpha value is -0.630. The minimum Gasteiger partial charge on any atom is -0.329 e. The van der Waals surface area contributed by atoms with Crippen LogP contribution in [0.4, 0.5) is 17.6 Å². The fourth-order valence-electron chi connectivity index (χ4n) is 1.41. The van der Waals surface area contributed by atoms with Crippen molar-refractivity contribution < 1.29 is 22.4 Å². The van der Waals surface area contributed by atoms with Gasteiger partial charge < -0.3 is 4.90 Å². The summed E-state index contributed by atoms with van der Waals surface area (Å²) >= 11 is 5.85. The van der Waals surface area contributed by atoms with Gasteiger partial charge in [0.25, 0.3) is 5.91 Å². The predicted octanol–water partition coefficient (Wildman–Crippen LogP) is 3.99. The fraction of sp³-hybridized carbons (Fsp3) is 0.364. The topological polar surface area (TPSA) is 20.3 Å². The molecule has 0 saturated carbocycles. The van der Waals surface area contributed by atoms with Gasteiger partial charge >= 0.3 is 6.18 Å². The monoisotopic (exact) mass is 405 g/mol. The van der Waals surface area contributed by atoms with Crippen LogP contribution in [0.2, 0.25) is 0 Å². The number of halogens is 6. The van der Waals surface area contributed by atoms with E-state index in [9.17, 15) is 22.4 Å².